The van der Waals surface area contributed by atoms with Gasteiger partial charge in [-0.15, -0.1) is 0 Å². The quantitative estimate of drug-likeness (QED) is 0.747. The highest BCUT2D eigenvalue weighted by Gasteiger charge is 2.34. The molecule has 0 unspecified atom stereocenters. The third kappa shape index (κ3) is 3.01. The zero-order chi connectivity index (χ0) is 15.0. The number of carbonyl (C=O) groups is 1. The Labute approximate surface area is 123 Å². The standard InChI is InChI=1S/C15H20N2O4/c1-10-3-13(18)4-14(21-10)15(19)17-6-11-5-16(2)12(7-17)9-20-8-11/h3-4,11-12H,5-9H2,1-2H3/t11-,12+/m1/s1. The lowest BCUT2D eigenvalue weighted by atomic mass is 10.1. The Bertz CT molecular complexity index is 598. The van der Waals surface area contributed by atoms with Crippen molar-refractivity contribution in [3.63, 3.8) is 0 Å². The van der Waals surface area contributed by atoms with Gasteiger partial charge in [0.2, 0.25) is 0 Å². The van der Waals surface area contributed by atoms with Crippen LogP contribution in [0.1, 0.15) is 16.3 Å². The van der Waals surface area contributed by atoms with Crippen LogP contribution in [0.3, 0.4) is 0 Å². The van der Waals surface area contributed by atoms with Gasteiger partial charge in [0.05, 0.1) is 19.3 Å². The first-order valence-electron chi connectivity index (χ1n) is 7.22. The molecule has 0 saturated carbocycles. The number of fused-ring (bicyclic) bond motifs is 3. The lowest BCUT2D eigenvalue weighted by Gasteiger charge is -2.29. The third-order valence-electron chi connectivity index (χ3n) is 4.13. The average Bonchev–Trinajstić information content (AvgIpc) is 2.65. The molecule has 0 radical (unpaired) electrons. The van der Waals surface area contributed by atoms with Crippen LogP contribution in [0.15, 0.2) is 21.3 Å². The van der Waals surface area contributed by atoms with Crippen LogP contribution < -0.4 is 5.43 Å². The number of amides is 1. The number of ether oxygens (including phenoxy) is 1. The summed E-state index contributed by atoms with van der Waals surface area (Å²) in [6.07, 6.45) is 0. The van der Waals surface area contributed by atoms with E-state index in [9.17, 15) is 9.59 Å². The highest BCUT2D eigenvalue weighted by Crippen LogP contribution is 2.19. The van der Waals surface area contributed by atoms with Gasteiger partial charge >= 0.3 is 0 Å². The van der Waals surface area contributed by atoms with Crippen LogP contribution in [0.4, 0.5) is 0 Å². The molecule has 0 aromatic carbocycles. The second-order valence-electron chi connectivity index (χ2n) is 5.98. The monoisotopic (exact) mass is 292 g/mol. The molecule has 1 aromatic rings. The minimum Gasteiger partial charge on any atom is -0.456 e. The van der Waals surface area contributed by atoms with Gasteiger partial charge in [-0.3, -0.25) is 14.5 Å². The number of hydrogen-bond acceptors (Lipinski definition) is 5. The van der Waals surface area contributed by atoms with Crippen LogP contribution in [0.2, 0.25) is 0 Å². The van der Waals surface area contributed by atoms with E-state index >= 15 is 0 Å². The van der Waals surface area contributed by atoms with Gasteiger partial charge in [0.15, 0.2) is 11.2 Å². The van der Waals surface area contributed by atoms with Crippen LogP contribution in [0, 0.1) is 12.8 Å². The topological polar surface area (TPSA) is 63.0 Å². The molecule has 3 heterocycles. The first kappa shape index (κ1) is 14.3. The zero-order valence-corrected chi connectivity index (χ0v) is 12.4. The largest absolute Gasteiger partial charge is 0.456 e. The third-order valence-corrected chi connectivity index (χ3v) is 4.13. The molecule has 2 saturated heterocycles. The van der Waals surface area contributed by atoms with Gasteiger partial charge in [-0.25, -0.2) is 0 Å². The molecule has 2 fully saturated rings. The molecule has 2 atom stereocenters. The average molecular weight is 292 g/mol. The molecule has 6 heteroatoms. The second-order valence-corrected chi connectivity index (χ2v) is 5.98. The van der Waals surface area contributed by atoms with E-state index in [-0.39, 0.29) is 23.1 Å². The Morgan fingerprint density at radius 2 is 2.05 bits per heavy atom. The number of nitrogens with zero attached hydrogens (tertiary/aromatic N) is 2. The van der Waals surface area contributed by atoms with E-state index in [0.29, 0.717) is 38.0 Å². The zero-order valence-electron chi connectivity index (χ0n) is 12.4. The van der Waals surface area contributed by atoms with Crippen molar-refractivity contribution in [2.75, 3.05) is 39.9 Å². The first-order valence-corrected chi connectivity index (χ1v) is 7.22. The summed E-state index contributed by atoms with van der Waals surface area (Å²) in [5.41, 5.74) is -0.197. The van der Waals surface area contributed by atoms with E-state index in [0.717, 1.165) is 6.54 Å². The Kier molecular flexibility index (Phi) is 3.82. The SMILES string of the molecule is Cc1cc(=O)cc(C(=O)N2C[C@@H]3COC[C@H](C2)N(C)C3)o1. The number of rotatable bonds is 1. The summed E-state index contributed by atoms with van der Waals surface area (Å²) in [7, 11) is 2.06. The normalized spacial score (nSPS) is 26.5. The van der Waals surface area contributed by atoms with Crippen LogP contribution in [-0.4, -0.2) is 61.6 Å². The summed E-state index contributed by atoms with van der Waals surface area (Å²) in [5.74, 6) is 0.677. The van der Waals surface area contributed by atoms with Crippen LogP contribution in [0.5, 0.6) is 0 Å². The van der Waals surface area contributed by atoms with E-state index < -0.39 is 0 Å². The fourth-order valence-corrected chi connectivity index (χ4v) is 3.08. The second kappa shape index (κ2) is 5.61. The van der Waals surface area contributed by atoms with Gasteiger partial charge in [-0.2, -0.15) is 0 Å². The van der Waals surface area contributed by atoms with Gasteiger partial charge < -0.3 is 14.1 Å². The maximum Gasteiger partial charge on any atom is 0.289 e. The number of aryl methyl sites for hydroxylation is 1. The molecule has 21 heavy (non-hydrogen) atoms. The summed E-state index contributed by atoms with van der Waals surface area (Å²) in [6.45, 7) is 5.14. The minimum atomic E-state index is -0.206. The van der Waals surface area contributed by atoms with Crippen LogP contribution >= 0.6 is 0 Å². The molecular formula is C15H20N2O4. The Morgan fingerprint density at radius 1 is 1.24 bits per heavy atom. The highest BCUT2D eigenvalue weighted by atomic mass is 16.5. The van der Waals surface area contributed by atoms with Crippen molar-refractivity contribution in [3.8, 4) is 0 Å². The summed E-state index contributed by atoms with van der Waals surface area (Å²) in [5, 5.41) is 0. The highest BCUT2D eigenvalue weighted by molar-refractivity contribution is 5.91. The van der Waals surface area contributed by atoms with E-state index in [1.807, 2.05) is 0 Å². The summed E-state index contributed by atoms with van der Waals surface area (Å²) < 4.78 is 11.1. The molecular weight excluding hydrogens is 272 g/mol. The molecule has 114 valence electrons. The smallest absolute Gasteiger partial charge is 0.289 e. The maximum atomic E-state index is 12.6. The number of carbonyl (C=O) groups excluding carboxylic acids is 1. The van der Waals surface area contributed by atoms with E-state index in [2.05, 4.69) is 11.9 Å². The molecule has 0 spiro atoms. The van der Waals surface area contributed by atoms with E-state index in [1.54, 1.807) is 11.8 Å². The minimum absolute atomic E-state index is 0.128. The molecule has 0 aliphatic carbocycles. The molecule has 1 amide bonds. The van der Waals surface area contributed by atoms with Crippen LogP contribution in [-0.2, 0) is 4.74 Å². The molecule has 2 bridgehead atoms. The molecule has 6 nitrogen and oxygen atoms in total. The van der Waals surface area contributed by atoms with Gasteiger partial charge in [0.1, 0.15) is 5.76 Å². The lowest BCUT2D eigenvalue weighted by molar-refractivity contribution is 0.0412. The van der Waals surface area contributed by atoms with Crippen molar-refractivity contribution in [3.05, 3.63) is 33.9 Å². The van der Waals surface area contributed by atoms with Gasteiger partial charge in [0.25, 0.3) is 5.91 Å². The van der Waals surface area contributed by atoms with Crippen molar-refractivity contribution in [2.24, 2.45) is 5.92 Å². The van der Waals surface area contributed by atoms with Crippen molar-refractivity contribution >= 4 is 5.91 Å². The maximum absolute atomic E-state index is 12.6. The Balaban J connectivity index is 1.86. The molecule has 1 aromatic heterocycles. The van der Waals surface area contributed by atoms with Crippen LogP contribution in [0.25, 0.3) is 0 Å². The van der Waals surface area contributed by atoms with Crippen molar-refractivity contribution in [2.45, 2.75) is 13.0 Å². The van der Waals surface area contributed by atoms with Crippen molar-refractivity contribution in [1.82, 2.24) is 9.80 Å². The van der Waals surface area contributed by atoms with Gasteiger partial charge in [0, 0.05) is 37.7 Å². The van der Waals surface area contributed by atoms with Crippen molar-refractivity contribution in [1.29, 1.82) is 0 Å². The molecule has 0 N–H and O–H groups in total. The summed E-state index contributed by atoms with van der Waals surface area (Å²) >= 11 is 0. The predicted octanol–water partition coefficient (Wildman–Crippen LogP) is 0.351. The lowest BCUT2D eigenvalue weighted by Crippen LogP contribution is -2.44. The summed E-state index contributed by atoms with van der Waals surface area (Å²) in [4.78, 5) is 28.2. The van der Waals surface area contributed by atoms with E-state index in [4.69, 9.17) is 9.15 Å². The predicted molar refractivity (Wildman–Crippen MR) is 76.3 cm³/mol. The Hall–Kier alpha value is -1.66. The fourth-order valence-electron chi connectivity index (χ4n) is 3.08. The number of hydrogen-bond donors (Lipinski definition) is 0. The summed E-state index contributed by atoms with van der Waals surface area (Å²) in [6, 6.07) is 2.85. The number of likely N-dealkylation sites (N-methyl/N-ethyl adjacent to an activating group) is 1. The van der Waals surface area contributed by atoms with E-state index in [1.165, 1.54) is 12.1 Å². The first-order chi connectivity index (χ1) is 10.0. The fraction of sp³-hybridized carbons (Fsp3) is 0.600. The van der Waals surface area contributed by atoms with Gasteiger partial charge in [-0.05, 0) is 14.0 Å². The molecule has 3 rings (SSSR count). The van der Waals surface area contributed by atoms with Gasteiger partial charge in [-0.1, -0.05) is 0 Å². The Morgan fingerprint density at radius 3 is 2.81 bits per heavy atom. The van der Waals surface area contributed by atoms with Crippen molar-refractivity contribution < 1.29 is 13.9 Å². The molecule has 2 aliphatic heterocycles. The molecule has 2 aliphatic rings.